The minimum absolute atomic E-state index is 0. The molecule has 0 aliphatic heterocycles. The van der Waals surface area contributed by atoms with Crippen LogP contribution in [0.2, 0.25) is 0 Å². The van der Waals surface area contributed by atoms with Crippen LogP contribution in [0, 0.1) is 20.8 Å². The van der Waals surface area contributed by atoms with E-state index < -0.39 is 0 Å². The fourth-order valence-electron chi connectivity index (χ4n) is 3.70. The number of nitrogens with one attached hydrogen (secondary N) is 1. The molecule has 0 aliphatic rings. The zero-order valence-corrected chi connectivity index (χ0v) is 17.4. The Balaban J connectivity index is 0.00000225. The largest absolute Gasteiger partial charge is 0.364 e. The molecule has 0 atom stereocenters. The summed E-state index contributed by atoms with van der Waals surface area (Å²) in [6, 6.07) is 21.3. The first-order valence-electron chi connectivity index (χ1n) is 9.41. The number of hydrogen-bond acceptors (Lipinski definition) is 2. The van der Waals surface area contributed by atoms with Gasteiger partial charge in [-0.1, -0.05) is 60.2 Å². The molecule has 0 spiro atoms. The molecule has 0 amide bonds. The Morgan fingerprint density at radius 2 is 1.64 bits per heavy atom. The van der Waals surface area contributed by atoms with Crippen LogP contribution in [0.15, 0.2) is 66.9 Å². The first kappa shape index (κ1) is 20.0. The summed E-state index contributed by atoms with van der Waals surface area (Å²) < 4.78 is 2.39. The molecule has 0 fully saturated rings. The van der Waals surface area contributed by atoms with E-state index in [2.05, 4.69) is 90.2 Å². The first-order valence-corrected chi connectivity index (χ1v) is 9.41. The summed E-state index contributed by atoms with van der Waals surface area (Å²) in [6.45, 7) is 8.16. The molecule has 0 radical (unpaired) electrons. The average molecular weight is 392 g/mol. The molecule has 0 aliphatic carbocycles. The predicted octanol–water partition coefficient (Wildman–Crippen LogP) is 6.04. The summed E-state index contributed by atoms with van der Waals surface area (Å²) in [7, 11) is 0. The normalized spacial score (nSPS) is 10.7. The van der Waals surface area contributed by atoms with Crippen LogP contribution in [0.5, 0.6) is 0 Å². The molecule has 4 aromatic rings. The third-order valence-electron chi connectivity index (χ3n) is 5.27. The summed E-state index contributed by atoms with van der Waals surface area (Å²) >= 11 is 0. The van der Waals surface area contributed by atoms with E-state index in [1.54, 1.807) is 0 Å². The van der Waals surface area contributed by atoms with Gasteiger partial charge in [0.25, 0.3) is 0 Å². The van der Waals surface area contributed by atoms with Crippen molar-refractivity contribution in [2.45, 2.75) is 33.9 Å². The standard InChI is InChI=1S/C24H25N3.ClH/c1-17-8-7-11-21(14-17)16-27-19(3)18(2)22-12-13-25-24(23(22)27)26-15-20-9-5-4-6-10-20;/h4-14H,15-16H2,1-3H3,(H,25,26);1H. The molecule has 0 unspecified atom stereocenters. The number of benzene rings is 2. The average Bonchev–Trinajstić information content (AvgIpc) is 2.93. The van der Waals surface area contributed by atoms with Crippen molar-refractivity contribution in [3.63, 3.8) is 0 Å². The highest BCUT2D eigenvalue weighted by Gasteiger charge is 2.15. The molecule has 4 rings (SSSR count). The fourth-order valence-corrected chi connectivity index (χ4v) is 3.70. The SMILES string of the molecule is Cc1cccc(Cn2c(C)c(C)c3ccnc(NCc4ccccc4)c32)c1.Cl. The van der Waals surface area contributed by atoms with Crippen molar-refractivity contribution in [3.05, 3.63) is 94.8 Å². The highest BCUT2D eigenvalue weighted by Crippen LogP contribution is 2.30. The zero-order valence-electron chi connectivity index (χ0n) is 16.6. The van der Waals surface area contributed by atoms with E-state index in [1.807, 2.05) is 12.3 Å². The van der Waals surface area contributed by atoms with Gasteiger partial charge in [-0.15, -0.1) is 12.4 Å². The highest BCUT2D eigenvalue weighted by atomic mass is 35.5. The van der Waals surface area contributed by atoms with E-state index >= 15 is 0 Å². The molecule has 0 saturated carbocycles. The number of anilines is 1. The zero-order chi connectivity index (χ0) is 18.8. The highest BCUT2D eigenvalue weighted by molar-refractivity contribution is 5.93. The van der Waals surface area contributed by atoms with Crippen LogP contribution < -0.4 is 5.32 Å². The van der Waals surface area contributed by atoms with Crippen LogP contribution in [0.3, 0.4) is 0 Å². The van der Waals surface area contributed by atoms with Gasteiger partial charge in [-0.25, -0.2) is 4.98 Å². The summed E-state index contributed by atoms with van der Waals surface area (Å²) in [5.74, 6) is 0.945. The van der Waals surface area contributed by atoms with Crippen molar-refractivity contribution in [1.29, 1.82) is 0 Å². The second-order valence-electron chi connectivity index (χ2n) is 7.18. The quantitative estimate of drug-likeness (QED) is 0.449. The first-order chi connectivity index (χ1) is 13.1. The molecule has 0 bridgehead atoms. The van der Waals surface area contributed by atoms with Crippen LogP contribution in [-0.2, 0) is 13.1 Å². The lowest BCUT2D eigenvalue weighted by molar-refractivity contribution is 0.798. The summed E-state index contributed by atoms with van der Waals surface area (Å²) in [5, 5.41) is 4.82. The minimum atomic E-state index is 0. The van der Waals surface area contributed by atoms with Crippen molar-refractivity contribution in [2.24, 2.45) is 0 Å². The molecule has 144 valence electrons. The predicted molar refractivity (Wildman–Crippen MR) is 121 cm³/mol. The number of fused-ring (bicyclic) bond motifs is 1. The molecule has 0 saturated heterocycles. The molecule has 1 N–H and O–H groups in total. The fraction of sp³-hybridized carbons (Fsp3) is 0.208. The van der Waals surface area contributed by atoms with Crippen LogP contribution in [0.1, 0.15) is 27.9 Å². The van der Waals surface area contributed by atoms with E-state index in [0.29, 0.717) is 0 Å². The number of rotatable bonds is 5. The molecular formula is C24H26ClN3. The summed E-state index contributed by atoms with van der Waals surface area (Å²) in [4.78, 5) is 4.66. The minimum Gasteiger partial charge on any atom is -0.364 e. The maximum absolute atomic E-state index is 4.66. The molecule has 2 aromatic carbocycles. The Kier molecular flexibility index (Phi) is 6.05. The van der Waals surface area contributed by atoms with Gasteiger partial charge >= 0.3 is 0 Å². The van der Waals surface area contributed by atoms with Crippen molar-refractivity contribution in [3.8, 4) is 0 Å². The van der Waals surface area contributed by atoms with Gasteiger partial charge < -0.3 is 9.88 Å². The van der Waals surface area contributed by atoms with Crippen LogP contribution in [-0.4, -0.2) is 9.55 Å². The van der Waals surface area contributed by atoms with Gasteiger partial charge in [0.2, 0.25) is 0 Å². The topological polar surface area (TPSA) is 29.9 Å². The van der Waals surface area contributed by atoms with Crippen molar-refractivity contribution in [2.75, 3.05) is 5.32 Å². The van der Waals surface area contributed by atoms with Crippen molar-refractivity contribution < 1.29 is 0 Å². The molecule has 4 heteroatoms. The molecular weight excluding hydrogens is 366 g/mol. The Bertz CT molecular complexity index is 1080. The van der Waals surface area contributed by atoms with Gasteiger partial charge in [-0.05, 0) is 43.5 Å². The summed E-state index contributed by atoms with van der Waals surface area (Å²) in [5.41, 5.74) is 7.66. The number of halogens is 1. The number of pyridine rings is 1. The number of aryl methyl sites for hydroxylation is 2. The Morgan fingerprint density at radius 1 is 0.893 bits per heavy atom. The smallest absolute Gasteiger partial charge is 0.150 e. The maximum Gasteiger partial charge on any atom is 0.150 e. The molecule has 28 heavy (non-hydrogen) atoms. The van der Waals surface area contributed by atoms with Crippen molar-refractivity contribution >= 4 is 29.1 Å². The van der Waals surface area contributed by atoms with Gasteiger partial charge in [0.05, 0.1) is 5.52 Å². The Labute approximate surface area is 172 Å². The van der Waals surface area contributed by atoms with Gasteiger partial charge in [-0.3, -0.25) is 0 Å². The monoisotopic (exact) mass is 391 g/mol. The number of nitrogens with zero attached hydrogens (tertiary/aromatic N) is 2. The van der Waals surface area contributed by atoms with Crippen LogP contribution in [0.4, 0.5) is 5.82 Å². The van der Waals surface area contributed by atoms with Crippen LogP contribution >= 0.6 is 12.4 Å². The molecule has 3 nitrogen and oxygen atoms in total. The van der Waals surface area contributed by atoms with E-state index in [4.69, 9.17) is 0 Å². The lowest BCUT2D eigenvalue weighted by atomic mass is 10.1. The third-order valence-corrected chi connectivity index (χ3v) is 5.27. The van der Waals surface area contributed by atoms with E-state index in [0.717, 1.165) is 18.9 Å². The second kappa shape index (κ2) is 8.49. The molecule has 2 aromatic heterocycles. The van der Waals surface area contributed by atoms with Crippen LogP contribution in [0.25, 0.3) is 10.9 Å². The van der Waals surface area contributed by atoms with E-state index in [-0.39, 0.29) is 12.4 Å². The maximum atomic E-state index is 4.66. The van der Waals surface area contributed by atoms with Gasteiger partial charge in [0.15, 0.2) is 5.82 Å². The van der Waals surface area contributed by atoms with E-state index in [9.17, 15) is 0 Å². The Morgan fingerprint density at radius 3 is 2.39 bits per heavy atom. The van der Waals surface area contributed by atoms with Gasteiger partial charge in [0, 0.05) is 30.4 Å². The summed E-state index contributed by atoms with van der Waals surface area (Å²) in [6.07, 6.45) is 1.90. The lowest BCUT2D eigenvalue weighted by Crippen LogP contribution is -2.07. The third kappa shape index (κ3) is 3.90. The van der Waals surface area contributed by atoms with Gasteiger partial charge in [0.1, 0.15) is 0 Å². The van der Waals surface area contributed by atoms with Crippen molar-refractivity contribution in [1.82, 2.24) is 9.55 Å². The number of aromatic nitrogens is 2. The number of hydrogen-bond donors (Lipinski definition) is 1. The van der Waals surface area contributed by atoms with E-state index in [1.165, 1.54) is 38.9 Å². The van der Waals surface area contributed by atoms with Gasteiger partial charge in [-0.2, -0.15) is 0 Å². The second-order valence-corrected chi connectivity index (χ2v) is 7.18. The lowest BCUT2D eigenvalue weighted by Gasteiger charge is -2.13. The Hall–Kier alpha value is -2.78. The molecule has 2 heterocycles.